The molecular weight excluding hydrogens is 392 g/mol. The summed E-state index contributed by atoms with van der Waals surface area (Å²) in [5.41, 5.74) is 2.70. The van der Waals surface area contributed by atoms with Crippen LogP contribution in [0.2, 0.25) is 0 Å². The average Bonchev–Trinajstić information content (AvgIpc) is 3.31. The van der Waals surface area contributed by atoms with Crippen LogP contribution in [0.4, 0.5) is 5.69 Å². The van der Waals surface area contributed by atoms with Crippen molar-refractivity contribution in [1.29, 1.82) is 0 Å². The van der Waals surface area contributed by atoms with Gasteiger partial charge in [-0.1, -0.05) is 35.9 Å². The van der Waals surface area contributed by atoms with E-state index in [1.807, 2.05) is 61.5 Å². The van der Waals surface area contributed by atoms with Gasteiger partial charge in [-0.05, 0) is 43.7 Å². The van der Waals surface area contributed by atoms with Crippen molar-refractivity contribution < 1.29 is 18.7 Å². The normalized spacial score (nSPS) is 18.6. The topological polar surface area (TPSA) is 71.8 Å². The number of para-hydroxylation sites is 1. The molecule has 31 heavy (non-hydrogen) atoms. The third-order valence-electron chi connectivity index (χ3n) is 5.72. The number of carbonyl (C=O) groups is 2. The molecule has 1 fully saturated rings. The van der Waals surface area contributed by atoms with Crippen LogP contribution in [0.1, 0.15) is 35.8 Å². The summed E-state index contributed by atoms with van der Waals surface area (Å²) < 4.78 is 10.9. The Kier molecular flexibility index (Phi) is 6.07. The Morgan fingerprint density at radius 1 is 1.13 bits per heavy atom. The lowest BCUT2D eigenvalue weighted by Crippen LogP contribution is -2.48. The van der Waals surface area contributed by atoms with Gasteiger partial charge in [0.05, 0.1) is 31.9 Å². The summed E-state index contributed by atoms with van der Waals surface area (Å²) in [6.07, 6.45) is 2.35. The molecule has 2 aromatic carbocycles. The van der Waals surface area contributed by atoms with Crippen LogP contribution >= 0.6 is 0 Å². The van der Waals surface area contributed by atoms with Gasteiger partial charge in [-0.15, -0.1) is 0 Å². The van der Waals surface area contributed by atoms with E-state index in [0.717, 1.165) is 16.8 Å². The van der Waals surface area contributed by atoms with Gasteiger partial charge in [0, 0.05) is 17.7 Å². The maximum atomic E-state index is 13.3. The van der Waals surface area contributed by atoms with Crippen molar-refractivity contribution in [3.63, 3.8) is 0 Å². The van der Waals surface area contributed by atoms with Crippen molar-refractivity contribution in [2.75, 3.05) is 12.0 Å². The predicted molar refractivity (Wildman–Crippen MR) is 118 cm³/mol. The molecule has 1 aliphatic rings. The number of rotatable bonds is 6. The Bertz CT molecular complexity index is 1040. The Morgan fingerprint density at radius 2 is 1.90 bits per heavy atom. The maximum Gasteiger partial charge on any atom is 0.227 e. The fourth-order valence-electron chi connectivity index (χ4n) is 4.16. The number of nitrogens with zero attached hydrogens (tertiary/aromatic N) is 1. The van der Waals surface area contributed by atoms with Gasteiger partial charge < -0.3 is 19.4 Å². The van der Waals surface area contributed by atoms with Gasteiger partial charge in [-0.25, -0.2) is 0 Å². The molecule has 0 bridgehead atoms. The number of hydrogen-bond donors (Lipinski definition) is 1. The highest BCUT2D eigenvalue weighted by atomic mass is 16.5. The van der Waals surface area contributed by atoms with Crippen molar-refractivity contribution in [2.45, 2.75) is 32.4 Å². The van der Waals surface area contributed by atoms with Crippen molar-refractivity contribution in [2.24, 2.45) is 5.92 Å². The molecular formula is C25H26N2O4. The molecule has 6 nitrogen and oxygen atoms in total. The average molecular weight is 418 g/mol. The highest BCUT2D eigenvalue weighted by Gasteiger charge is 2.42. The van der Waals surface area contributed by atoms with Crippen molar-refractivity contribution in [3.05, 3.63) is 83.8 Å². The number of nitrogens with one attached hydrogen (secondary N) is 1. The number of ether oxygens (including phenoxy) is 1. The van der Waals surface area contributed by atoms with Gasteiger partial charge in [-0.3, -0.25) is 9.59 Å². The minimum atomic E-state index is -0.475. The summed E-state index contributed by atoms with van der Waals surface area (Å²) in [6, 6.07) is 18.5. The number of aryl methyl sites for hydroxylation is 1. The molecule has 2 amide bonds. The van der Waals surface area contributed by atoms with Crippen LogP contribution in [0.15, 0.2) is 71.3 Å². The Morgan fingerprint density at radius 3 is 2.61 bits per heavy atom. The second-order valence-electron chi connectivity index (χ2n) is 7.73. The molecule has 0 spiro atoms. The number of amides is 2. The first-order valence-corrected chi connectivity index (χ1v) is 10.4. The van der Waals surface area contributed by atoms with Gasteiger partial charge in [0.1, 0.15) is 11.5 Å². The number of benzene rings is 2. The van der Waals surface area contributed by atoms with E-state index in [1.54, 1.807) is 24.3 Å². The summed E-state index contributed by atoms with van der Waals surface area (Å²) in [4.78, 5) is 28.1. The zero-order valence-corrected chi connectivity index (χ0v) is 17.7. The maximum absolute atomic E-state index is 13.3. The van der Waals surface area contributed by atoms with Crippen LogP contribution in [-0.4, -0.2) is 18.9 Å². The minimum absolute atomic E-state index is 0.00477. The first kappa shape index (κ1) is 20.7. The highest BCUT2D eigenvalue weighted by molar-refractivity contribution is 5.97. The molecule has 1 aromatic heterocycles. The molecule has 1 N–H and O–H groups in total. The SMILES string of the molecule is COc1ccccc1[C@@H]1[C@H](C(=O)NCc2ccco2)CCC(=O)N1c1ccc(C)cc1. The molecule has 0 aliphatic carbocycles. The number of hydrogen-bond acceptors (Lipinski definition) is 4. The van der Waals surface area contributed by atoms with Crippen molar-refractivity contribution >= 4 is 17.5 Å². The second-order valence-corrected chi connectivity index (χ2v) is 7.73. The summed E-state index contributed by atoms with van der Waals surface area (Å²) in [5.74, 6) is 0.796. The monoisotopic (exact) mass is 418 g/mol. The lowest BCUT2D eigenvalue weighted by molar-refractivity contribution is -0.129. The van der Waals surface area contributed by atoms with Gasteiger partial charge in [0.15, 0.2) is 0 Å². The van der Waals surface area contributed by atoms with Gasteiger partial charge in [0.25, 0.3) is 0 Å². The summed E-state index contributed by atoms with van der Waals surface area (Å²) in [5, 5.41) is 2.98. The molecule has 1 saturated heterocycles. The van der Waals surface area contributed by atoms with E-state index in [0.29, 0.717) is 30.9 Å². The van der Waals surface area contributed by atoms with E-state index in [4.69, 9.17) is 9.15 Å². The standard InChI is InChI=1S/C25H26N2O4/c1-17-9-11-18(12-10-17)27-23(28)14-13-21(25(29)26-16-19-6-5-15-31-19)24(27)20-7-3-4-8-22(20)30-2/h3-12,15,21,24H,13-14,16H2,1-2H3,(H,26,29)/t21-,24-/m1/s1. The molecule has 2 heterocycles. The summed E-state index contributed by atoms with van der Waals surface area (Å²) >= 11 is 0. The smallest absolute Gasteiger partial charge is 0.227 e. The third kappa shape index (κ3) is 4.33. The number of carbonyl (C=O) groups excluding carboxylic acids is 2. The van der Waals surface area contributed by atoms with E-state index in [1.165, 1.54) is 0 Å². The van der Waals surface area contributed by atoms with Crippen LogP contribution in [0, 0.1) is 12.8 Å². The van der Waals surface area contributed by atoms with Gasteiger partial charge in [0.2, 0.25) is 11.8 Å². The van der Waals surface area contributed by atoms with Crippen LogP contribution < -0.4 is 15.0 Å². The molecule has 3 aromatic rings. The lowest BCUT2D eigenvalue weighted by atomic mass is 9.82. The number of anilines is 1. The van der Waals surface area contributed by atoms with E-state index < -0.39 is 12.0 Å². The molecule has 160 valence electrons. The quantitative estimate of drug-likeness (QED) is 0.644. The van der Waals surface area contributed by atoms with Crippen LogP contribution in [0.5, 0.6) is 5.75 Å². The molecule has 0 unspecified atom stereocenters. The first-order valence-electron chi connectivity index (χ1n) is 10.4. The second kappa shape index (κ2) is 9.08. The summed E-state index contributed by atoms with van der Waals surface area (Å²) in [6.45, 7) is 2.31. The van der Waals surface area contributed by atoms with E-state index in [2.05, 4.69) is 5.32 Å². The van der Waals surface area contributed by atoms with Gasteiger partial charge in [-0.2, -0.15) is 0 Å². The first-order chi connectivity index (χ1) is 15.1. The van der Waals surface area contributed by atoms with E-state index in [-0.39, 0.29) is 11.8 Å². The van der Waals surface area contributed by atoms with Crippen LogP contribution in [0.3, 0.4) is 0 Å². The zero-order chi connectivity index (χ0) is 21.8. The Balaban J connectivity index is 1.73. The lowest BCUT2D eigenvalue weighted by Gasteiger charge is -2.41. The number of furan rings is 1. The highest BCUT2D eigenvalue weighted by Crippen LogP contribution is 2.43. The van der Waals surface area contributed by atoms with Crippen molar-refractivity contribution in [3.8, 4) is 5.75 Å². The van der Waals surface area contributed by atoms with E-state index in [9.17, 15) is 9.59 Å². The molecule has 6 heteroatoms. The largest absolute Gasteiger partial charge is 0.496 e. The van der Waals surface area contributed by atoms with Crippen molar-refractivity contribution in [1.82, 2.24) is 5.32 Å². The molecule has 4 rings (SSSR count). The fraction of sp³-hybridized carbons (Fsp3) is 0.280. The molecule has 0 saturated carbocycles. The van der Waals surface area contributed by atoms with E-state index >= 15 is 0 Å². The zero-order valence-electron chi connectivity index (χ0n) is 17.7. The molecule has 0 radical (unpaired) electrons. The fourth-order valence-corrected chi connectivity index (χ4v) is 4.16. The predicted octanol–water partition coefficient (Wildman–Crippen LogP) is 4.40. The number of piperidine rings is 1. The minimum Gasteiger partial charge on any atom is -0.496 e. The molecule has 1 aliphatic heterocycles. The third-order valence-corrected chi connectivity index (χ3v) is 5.72. The van der Waals surface area contributed by atoms with Crippen LogP contribution in [-0.2, 0) is 16.1 Å². The van der Waals surface area contributed by atoms with Crippen LogP contribution in [0.25, 0.3) is 0 Å². The van der Waals surface area contributed by atoms with Gasteiger partial charge >= 0.3 is 0 Å². The Labute approximate surface area is 181 Å². The summed E-state index contributed by atoms with van der Waals surface area (Å²) in [7, 11) is 1.60. The molecule has 2 atom stereocenters. The Hall–Kier alpha value is -3.54. The number of methoxy groups -OCH3 is 1.